The molecule has 8 aromatic carbocycles. The smallest absolute Gasteiger partial charge is 0.148 e. The molecule has 10 rings (SSSR count). The van der Waals surface area contributed by atoms with Crippen molar-refractivity contribution in [1.82, 2.24) is 14.5 Å². The molecule has 1 N–H and O–H groups in total. The second-order valence-electron chi connectivity index (χ2n) is 19.5. The van der Waals surface area contributed by atoms with Gasteiger partial charge in [-0.15, -0.1) is 23.8 Å². The van der Waals surface area contributed by atoms with Crippen molar-refractivity contribution >= 4 is 11.0 Å². The van der Waals surface area contributed by atoms with E-state index in [4.69, 9.17) is 11.3 Å². The Labute approximate surface area is 437 Å². The molecule has 4 nitrogen and oxygen atoms in total. The van der Waals surface area contributed by atoms with Gasteiger partial charge in [0.25, 0.3) is 0 Å². The number of rotatable bonds is 12. The van der Waals surface area contributed by atoms with Gasteiger partial charge in [-0.3, -0.25) is 9.55 Å². The molecule has 2 aromatic heterocycles. The van der Waals surface area contributed by atoms with Gasteiger partial charge in [-0.05, 0) is 110 Å². The first-order valence-electron chi connectivity index (χ1n) is 25.4. The first-order chi connectivity index (χ1) is 34.5. The summed E-state index contributed by atoms with van der Waals surface area (Å²) in [6, 6.07) is 66.8. The summed E-state index contributed by atoms with van der Waals surface area (Å²) in [6.07, 6.45) is 1.86. The second kappa shape index (κ2) is 20.7. The van der Waals surface area contributed by atoms with E-state index in [2.05, 4.69) is 172 Å². The molecule has 0 aliphatic carbocycles. The first-order valence-corrected chi connectivity index (χ1v) is 24.4. The molecule has 0 aliphatic rings. The number of hydrogen-bond acceptors (Lipinski definition) is 3. The van der Waals surface area contributed by atoms with Gasteiger partial charge in [0.15, 0.2) is 0 Å². The maximum absolute atomic E-state index is 12.6. The van der Waals surface area contributed by atoms with Crippen molar-refractivity contribution in [2.75, 3.05) is 0 Å². The summed E-state index contributed by atoms with van der Waals surface area (Å²) in [4.78, 5) is 10.7. The van der Waals surface area contributed by atoms with Crippen LogP contribution in [0.25, 0.3) is 95.0 Å². The molecule has 0 aliphatic heterocycles. The molecule has 0 saturated heterocycles. The van der Waals surface area contributed by atoms with Crippen molar-refractivity contribution in [3.63, 3.8) is 0 Å². The van der Waals surface area contributed by atoms with Gasteiger partial charge in [0.2, 0.25) is 0 Å². The molecule has 0 spiro atoms. The molecule has 0 amide bonds. The summed E-state index contributed by atoms with van der Waals surface area (Å²) in [5.74, 6) is -0.568. The van der Waals surface area contributed by atoms with Gasteiger partial charge in [-0.2, -0.15) is 0 Å². The molecule has 356 valence electrons. The van der Waals surface area contributed by atoms with Gasteiger partial charge in [0.05, 0.1) is 22.3 Å². The minimum absolute atomic E-state index is 0. The van der Waals surface area contributed by atoms with Crippen LogP contribution < -0.4 is 0 Å². The molecule has 0 unspecified atom stereocenters. The zero-order chi connectivity index (χ0) is 50.5. The third-order valence-corrected chi connectivity index (χ3v) is 13.6. The maximum atomic E-state index is 12.6. The fraction of sp³-hybridized carbons (Fsp3) is 0.182. The summed E-state index contributed by atoms with van der Waals surface area (Å²) in [5.41, 5.74) is 18.4. The minimum atomic E-state index is -0.939. The SMILES string of the molecule is [2H]C(C)(C)c1ccc(-c2ccnc(-c3[c-]c(-c4cccc5c4nc(-c4cc(C(C)C)cc(C(C)C)c4O)n5-c4cc(-c5ccccc5)c(C([2H])(C)C)cc4-c4ccccc4)cc(-c4ccccc4)c3)c2)cc1.[Pt]. The number of benzene rings is 8. The van der Waals surface area contributed by atoms with Crippen molar-refractivity contribution in [3.8, 4) is 89.7 Å². The van der Waals surface area contributed by atoms with Gasteiger partial charge in [-0.25, -0.2) is 4.98 Å². The predicted octanol–water partition coefficient (Wildman–Crippen LogP) is 18.1. The van der Waals surface area contributed by atoms with E-state index in [0.717, 1.165) is 106 Å². The van der Waals surface area contributed by atoms with E-state index in [-0.39, 0.29) is 38.7 Å². The number of para-hydroxylation sites is 1. The van der Waals surface area contributed by atoms with Crippen LogP contribution in [0, 0.1) is 6.07 Å². The molecule has 0 radical (unpaired) electrons. The predicted molar refractivity (Wildman–Crippen MR) is 294 cm³/mol. The molecule has 0 fully saturated rings. The zero-order valence-corrected chi connectivity index (χ0v) is 43.9. The Morgan fingerprint density at radius 1 is 0.479 bits per heavy atom. The molecular weight excluding hydrogens is 1050 g/mol. The normalized spacial score (nSPS) is 12.3. The Hall–Kier alpha value is -7.13. The van der Waals surface area contributed by atoms with Gasteiger partial charge in [0.1, 0.15) is 11.6 Å². The summed E-state index contributed by atoms with van der Waals surface area (Å²) in [5, 5.41) is 12.6. The zero-order valence-electron chi connectivity index (χ0n) is 43.7. The van der Waals surface area contributed by atoms with Crippen LogP contribution in [0.4, 0.5) is 0 Å². The van der Waals surface area contributed by atoms with E-state index in [9.17, 15) is 6.48 Å². The van der Waals surface area contributed by atoms with Crippen LogP contribution in [0.3, 0.4) is 0 Å². The molecule has 2 heterocycles. The summed E-state index contributed by atoms with van der Waals surface area (Å²) >= 11 is 0. The standard InChI is InChI=1S/C66H60N3O.Pt/c1-41(2)45-27-29-47(30-28-45)50-31-32-67-61(38-50)54-34-52(46-19-12-9-13-20-46)33-53(35-54)55-25-18-26-62-64(55)68-66(60-37-51(42(3)4)36-57(44(7)8)65(60)70)69(62)63-40-58(48-21-14-10-15-22-48)56(43(5)6)39-59(63)49-23-16-11-17-24-49;/h9-34,36-44,70H,1-8H3;/q-1;/i41D,43D;. The van der Waals surface area contributed by atoms with Crippen LogP contribution in [-0.4, -0.2) is 19.6 Å². The average molecular weight is 1110 g/mol. The molecule has 0 bridgehead atoms. The van der Waals surface area contributed by atoms with Crippen LogP contribution in [0.15, 0.2) is 188 Å². The molecule has 0 saturated carbocycles. The number of aromatic nitrogens is 3. The number of phenols is 1. The maximum Gasteiger partial charge on any atom is 0.148 e. The fourth-order valence-electron chi connectivity index (χ4n) is 9.66. The van der Waals surface area contributed by atoms with Crippen molar-refractivity contribution in [2.24, 2.45) is 0 Å². The molecule has 5 heteroatoms. The first kappa shape index (κ1) is 46.3. The Morgan fingerprint density at radius 2 is 1.10 bits per heavy atom. The van der Waals surface area contributed by atoms with Crippen LogP contribution in [0.5, 0.6) is 5.75 Å². The van der Waals surface area contributed by atoms with Crippen LogP contribution in [0.1, 0.15) is 104 Å². The van der Waals surface area contributed by atoms with E-state index in [0.29, 0.717) is 11.4 Å². The number of hydrogen-bond donors (Lipinski definition) is 1. The van der Waals surface area contributed by atoms with Crippen molar-refractivity contribution in [2.45, 2.75) is 79.0 Å². The quantitative estimate of drug-likeness (QED) is 0.124. The van der Waals surface area contributed by atoms with Crippen LogP contribution in [0.2, 0.25) is 0 Å². The van der Waals surface area contributed by atoms with Crippen LogP contribution in [-0.2, 0) is 21.1 Å². The molecular formula is C66H60N3OPt-. The van der Waals surface area contributed by atoms with Gasteiger partial charge < -0.3 is 5.11 Å². The molecule has 10 aromatic rings. The Bertz CT molecular complexity index is 3590. The van der Waals surface area contributed by atoms with E-state index < -0.39 is 11.8 Å². The van der Waals surface area contributed by atoms with Gasteiger partial charge in [0, 0.05) is 41.3 Å². The van der Waals surface area contributed by atoms with Crippen molar-refractivity contribution in [1.29, 1.82) is 0 Å². The topological polar surface area (TPSA) is 50.9 Å². The minimum Gasteiger partial charge on any atom is -0.507 e. The largest absolute Gasteiger partial charge is 0.507 e. The van der Waals surface area contributed by atoms with Crippen molar-refractivity contribution < 1.29 is 28.9 Å². The Balaban J connectivity index is 0.00000656. The molecule has 0 atom stereocenters. The number of aromatic hydroxyl groups is 1. The number of nitrogens with zero attached hydrogens (tertiary/aromatic N) is 3. The summed E-state index contributed by atoms with van der Waals surface area (Å²) in [7, 11) is 0. The third kappa shape index (κ3) is 9.71. The number of phenolic OH excluding ortho intramolecular Hbond substituents is 1. The fourth-order valence-corrected chi connectivity index (χ4v) is 9.66. The number of imidazole rings is 1. The van der Waals surface area contributed by atoms with E-state index in [1.54, 1.807) is 0 Å². The van der Waals surface area contributed by atoms with E-state index in [1.165, 1.54) is 0 Å². The van der Waals surface area contributed by atoms with Crippen LogP contribution >= 0.6 is 0 Å². The Kier molecular flexibility index (Phi) is 13.5. The van der Waals surface area contributed by atoms with Crippen molar-refractivity contribution in [3.05, 3.63) is 217 Å². The van der Waals surface area contributed by atoms with Gasteiger partial charge >= 0.3 is 0 Å². The van der Waals surface area contributed by atoms with E-state index >= 15 is 0 Å². The van der Waals surface area contributed by atoms with Gasteiger partial charge in [-0.1, -0.05) is 212 Å². The number of pyridine rings is 1. The average Bonchev–Trinajstić information content (AvgIpc) is 3.78. The number of fused-ring (bicyclic) bond motifs is 1. The summed E-state index contributed by atoms with van der Waals surface area (Å²) < 4.78 is 20.3. The molecule has 71 heavy (non-hydrogen) atoms. The monoisotopic (exact) mass is 1110 g/mol. The van der Waals surface area contributed by atoms with E-state index in [1.807, 2.05) is 82.4 Å². The second-order valence-corrected chi connectivity index (χ2v) is 19.5. The summed E-state index contributed by atoms with van der Waals surface area (Å²) in [6.45, 7) is 16.3. The Morgan fingerprint density at radius 3 is 1.72 bits per heavy atom. The third-order valence-electron chi connectivity index (χ3n) is 13.6.